The van der Waals surface area contributed by atoms with Gasteiger partial charge in [0.05, 0.1) is 11.9 Å². The lowest BCUT2D eigenvalue weighted by atomic mass is 10.00. The summed E-state index contributed by atoms with van der Waals surface area (Å²) in [6, 6.07) is 5.39. The number of urea groups is 1. The molecule has 2 aliphatic rings. The van der Waals surface area contributed by atoms with Gasteiger partial charge in [0.2, 0.25) is 0 Å². The molecule has 2 fully saturated rings. The Morgan fingerprint density at radius 3 is 2.26 bits per heavy atom. The molecule has 4 rings (SSSR count). The third-order valence-electron chi connectivity index (χ3n) is 4.96. The van der Waals surface area contributed by atoms with Gasteiger partial charge in [-0.15, -0.1) is 0 Å². The van der Waals surface area contributed by atoms with Crippen LogP contribution < -0.4 is 10.0 Å². The van der Waals surface area contributed by atoms with E-state index in [2.05, 4.69) is 10.0 Å². The zero-order valence-electron chi connectivity index (χ0n) is 15.3. The number of hydrogen-bond acceptors (Lipinski definition) is 4. The van der Waals surface area contributed by atoms with Crippen molar-refractivity contribution in [3.8, 4) is 0 Å². The van der Waals surface area contributed by atoms with E-state index in [1.54, 1.807) is 19.9 Å². The first-order valence-electron chi connectivity index (χ1n) is 9.20. The standard InChI is InChI=1S/C20H23ClN2O3S/c1-20(2,25)13-7-17(26-10-13)27-23-19(24)22-18-15(11-3-4-11)8-14(21)9-16(18)12-5-6-12/h7-12,25H,3-6H2,1-2H3,(H2,22,23,24). The summed E-state index contributed by atoms with van der Waals surface area (Å²) in [7, 11) is 0. The highest BCUT2D eigenvalue weighted by Gasteiger charge is 2.33. The average Bonchev–Trinajstić information content (AvgIpc) is 3.51. The first kappa shape index (κ1) is 18.7. The summed E-state index contributed by atoms with van der Waals surface area (Å²) in [6.07, 6.45) is 6.06. The van der Waals surface area contributed by atoms with E-state index in [1.165, 1.54) is 6.26 Å². The van der Waals surface area contributed by atoms with Crippen LogP contribution in [0.3, 0.4) is 0 Å². The van der Waals surface area contributed by atoms with Gasteiger partial charge < -0.3 is 14.8 Å². The van der Waals surface area contributed by atoms with E-state index in [9.17, 15) is 9.90 Å². The van der Waals surface area contributed by atoms with Crippen molar-refractivity contribution in [3.05, 3.63) is 46.2 Å². The second kappa shape index (κ2) is 7.08. The summed E-state index contributed by atoms with van der Waals surface area (Å²) in [6.45, 7) is 3.37. The van der Waals surface area contributed by atoms with E-state index in [0.717, 1.165) is 59.5 Å². The van der Waals surface area contributed by atoms with Gasteiger partial charge in [0, 0.05) is 28.2 Å². The number of carbonyl (C=O) groups is 1. The highest BCUT2D eigenvalue weighted by molar-refractivity contribution is 7.97. The van der Waals surface area contributed by atoms with Crippen LogP contribution in [0.25, 0.3) is 0 Å². The van der Waals surface area contributed by atoms with Gasteiger partial charge in [-0.25, -0.2) is 4.79 Å². The van der Waals surface area contributed by atoms with Crippen LogP contribution in [0.2, 0.25) is 5.02 Å². The van der Waals surface area contributed by atoms with E-state index in [-0.39, 0.29) is 6.03 Å². The normalized spacial score (nSPS) is 17.0. The molecule has 27 heavy (non-hydrogen) atoms. The zero-order valence-corrected chi connectivity index (χ0v) is 16.9. The first-order chi connectivity index (χ1) is 12.8. The van der Waals surface area contributed by atoms with E-state index in [4.69, 9.17) is 16.0 Å². The number of rotatable bonds is 6. The summed E-state index contributed by atoms with van der Waals surface area (Å²) in [5, 5.41) is 14.3. The van der Waals surface area contributed by atoms with Gasteiger partial charge in [0.1, 0.15) is 0 Å². The lowest BCUT2D eigenvalue weighted by molar-refractivity contribution is 0.0779. The molecule has 0 aliphatic heterocycles. The molecule has 0 unspecified atom stereocenters. The molecule has 2 amide bonds. The Morgan fingerprint density at radius 2 is 1.78 bits per heavy atom. The van der Waals surface area contributed by atoms with Crippen molar-refractivity contribution in [2.45, 2.75) is 62.1 Å². The van der Waals surface area contributed by atoms with Crippen molar-refractivity contribution in [3.63, 3.8) is 0 Å². The smallest absolute Gasteiger partial charge is 0.329 e. The third-order valence-corrected chi connectivity index (χ3v) is 5.88. The summed E-state index contributed by atoms with van der Waals surface area (Å²) in [5.41, 5.74) is 2.89. The number of amides is 2. The predicted molar refractivity (Wildman–Crippen MR) is 107 cm³/mol. The molecule has 2 aliphatic carbocycles. The van der Waals surface area contributed by atoms with Crippen molar-refractivity contribution in [1.82, 2.24) is 4.72 Å². The lowest BCUT2D eigenvalue weighted by Gasteiger charge is -2.16. The Kier molecular flexibility index (Phi) is 4.91. The molecule has 3 N–H and O–H groups in total. The highest BCUT2D eigenvalue weighted by atomic mass is 35.5. The number of halogens is 1. The molecule has 0 atom stereocenters. The Morgan fingerprint density at radius 1 is 1.19 bits per heavy atom. The largest absolute Gasteiger partial charge is 0.456 e. The molecular formula is C20H23ClN2O3S. The number of hydrogen-bond donors (Lipinski definition) is 3. The van der Waals surface area contributed by atoms with Crippen molar-refractivity contribution >= 4 is 35.3 Å². The number of nitrogens with one attached hydrogen (secondary N) is 2. The summed E-state index contributed by atoms with van der Waals surface area (Å²) in [4.78, 5) is 12.5. The Hall–Kier alpha value is -1.63. The topological polar surface area (TPSA) is 74.5 Å². The lowest BCUT2D eigenvalue weighted by Crippen LogP contribution is -2.24. The molecule has 144 valence electrons. The van der Waals surface area contributed by atoms with E-state index < -0.39 is 5.60 Å². The molecule has 2 aromatic rings. The van der Waals surface area contributed by atoms with Crippen LogP contribution in [0, 0.1) is 0 Å². The fourth-order valence-corrected chi connectivity index (χ4v) is 3.91. The van der Waals surface area contributed by atoms with Crippen LogP contribution in [0.1, 0.15) is 68.1 Å². The highest BCUT2D eigenvalue weighted by Crippen LogP contribution is 2.51. The second-order valence-corrected chi connectivity index (χ2v) is 9.13. The summed E-state index contributed by atoms with van der Waals surface area (Å²) < 4.78 is 8.15. The molecule has 0 bridgehead atoms. The Bertz CT molecular complexity index is 833. The fourth-order valence-electron chi connectivity index (χ4n) is 3.15. The van der Waals surface area contributed by atoms with Crippen LogP contribution in [0.15, 0.2) is 34.0 Å². The Balaban J connectivity index is 1.46. The second-order valence-electron chi connectivity index (χ2n) is 7.88. The van der Waals surface area contributed by atoms with E-state index >= 15 is 0 Å². The van der Waals surface area contributed by atoms with Gasteiger partial charge >= 0.3 is 6.03 Å². The summed E-state index contributed by atoms with van der Waals surface area (Å²) >= 11 is 7.40. The summed E-state index contributed by atoms with van der Waals surface area (Å²) in [5.74, 6) is 0.979. The molecule has 0 radical (unpaired) electrons. The minimum absolute atomic E-state index is 0.299. The SMILES string of the molecule is CC(C)(O)c1coc(SNC(=O)Nc2c(C3CC3)cc(Cl)cc2C2CC2)c1. The monoisotopic (exact) mass is 406 g/mol. The van der Waals surface area contributed by atoms with Crippen molar-refractivity contribution in [1.29, 1.82) is 0 Å². The molecule has 0 spiro atoms. The van der Waals surface area contributed by atoms with Crippen LogP contribution in [0.4, 0.5) is 10.5 Å². The molecule has 0 saturated heterocycles. The van der Waals surface area contributed by atoms with Crippen LogP contribution in [-0.2, 0) is 5.60 Å². The van der Waals surface area contributed by atoms with Gasteiger partial charge in [-0.3, -0.25) is 4.72 Å². The van der Waals surface area contributed by atoms with Crippen LogP contribution >= 0.6 is 23.5 Å². The average molecular weight is 407 g/mol. The van der Waals surface area contributed by atoms with Crippen LogP contribution in [0.5, 0.6) is 0 Å². The van der Waals surface area contributed by atoms with Gasteiger partial charge in [-0.2, -0.15) is 0 Å². The van der Waals surface area contributed by atoms with Crippen molar-refractivity contribution in [2.24, 2.45) is 0 Å². The number of benzene rings is 1. The molecule has 1 aromatic carbocycles. The minimum atomic E-state index is -0.980. The van der Waals surface area contributed by atoms with E-state index in [1.807, 2.05) is 12.1 Å². The molecule has 2 saturated carbocycles. The predicted octanol–water partition coefficient (Wildman–Crippen LogP) is 5.74. The van der Waals surface area contributed by atoms with Crippen molar-refractivity contribution in [2.75, 3.05) is 5.32 Å². The zero-order chi connectivity index (χ0) is 19.2. The molecular weight excluding hydrogens is 384 g/mol. The van der Waals surface area contributed by atoms with Crippen molar-refractivity contribution < 1.29 is 14.3 Å². The quantitative estimate of drug-likeness (QED) is 0.534. The number of carbonyl (C=O) groups excluding carboxylic acids is 1. The van der Waals surface area contributed by atoms with Gasteiger partial charge in [0.25, 0.3) is 0 Å². The first-order valence-corrected chi connectivity index (χ1v) is 10.4. The number of anilines is 1. The maximum atomic E-state index is 12.5. The maximum absolute atomic E-state index is 12.5. The maximum Gasteiger partial charge on any atom is 0.329 e. The Labute approximate surface area is 168 Å². The molecule has 7 heteroatoms. The van der Waals surface area contributed by atoms with Gasteiger partial charge in [0.15, 0.2) is 5.09 Å². The minimum Gasteiger partial charge on any atom is -0.456 e. The third kappa shape index (κ3) is 4.45. The molecule has 1 aromatic heterocycles. The van der Waals surface area contributed by atoms with Gasteiger partial charge in [-0.1, -0.05) is 11.6 Å². The number of furan rings is 1. The number of aliphatic hydroxyl groups is 1. The molecule has 1 heterocycles. The molecule has 5 nitrogen and oxygen atoms in total. The van der Waals surface area contributed by atoms with E-state index in [0.29, 0.717) is 22.5 Å². The van der Waals surface area contributed by atoms with Crippen LogP contribution in [-0.4, -0.2) is 11.1 Å². The van der Waals surface area contributed by atoms with Gasteiger partial charge in [-0.05, 0) is 80.7 Å². The fraction of sp³-hybridized carbons (Fsp3) is 0.450.